The minimum absolute atomic E-state index is 0.0496. The second-order valence-corrected chi connectivity index (χ2v) is 9.67. The van der Waals surface area contributed by atoms with Crippen LogP contribution in [-0.4, -0.2) is 22.7 Å². The van der Waals surface area contributed by atoms with Crippen LogP contribution < -0.4 is 10.6 Å². The van der Waals surface area contributed by atoms with Crippen LogP contribution in [0.1, 0.15) is 45.1 Å². The molecule has 8 heteroatoms. The average Bonchev–Trinajstić information content (AvgIpc) is 2.94. The molecule has 1 aliphatic heterocycles. The number of aliphatic imine (C=N–C) groups is 1. The van der Waals surface area contributed by atoms with Crippen LogP contribution in [0.5, 0.6) is 0 Å². The largest absolute Gasteiger partial charge is 0.481 e. The van der Waals surface area contributed by atoms with Gasteiger partial charge in [-0.25, -0.2) is 8.78 Å². The number of anilines is 1. The first kappa shape index (κ1) is 26.7. The number of carbonyl (C=O) groups excluding carboxylic acids is 1. The molecule has 1 unspecified atom stereocenters. The van der Waals surface area contributed by atoms with Crippen molar-refractivity contribution in [2.75, 3.05) is 5.32 Å². The van der Waals surface area contributed by atoms with Crippen LogP contribution in [0.4, 0.5) is 20.2 Å². The Bertz CT molecular complexity index is 1580. The van der Waals surface area contributed by atoms with Crippen molar-refractivity contribution in [1.29, 1.82) is 0 Å². The number of rotatable bonds is 9. The van der Waals surface area contributed by atoms with Gasteiger partial charge in [-0.05, 0) is 77.6 Å². The third-order valence-electron chi connectivity index (χ3n) is 6.72. The van der Waals surface area contributed by atoms with E-state index >= 15 is 0 Å². The van der Waals surface area contributed by atoms with Gasteiger partial charge in [0, 0.05) is 17.8 Å². The van der Waals surface area contributed by atoms with Crippen molar-refractivity contribution < 1.29 is 23.5 Å². The minimum atomic E-state index is -0.887. The van der Waals surface area contributed by atoms with Gasteiger partial charge in [0.15, 0.2) is 0 Å². The lowest BCUT2D eigenvalue weighted by molar-refractivity contribution is -0.136. The molecule has 1 heterocycles. The van der Waals surface area contributed by atoms with Crippen molar-refractivity contribution in [2.45, 2.75) is 31.8 Å². The van der Waals surface area contributed by atoms with Crippen LogP contribution in [0.25, 0.3) is 0 Å². The summed E-state index contributed by atoms with van der Waals surface area (Å²) in [5, 5.41) is 15.4. The van der Waals surface area contributed by atoms with E-state index in [1.54, 1.807) is 48.5 Å². The molecule has 0 saturated heterocycles. The number of aliphatic carboxylic acids is 1. The van der Waals surface area contributed by atoms with E-state index in [0.29, 0.717) is 29.7 Å². The van der Waals surface area contributed by atoms with E-state index in [2.05, 4.69) is 10.6 Å². The third kappa shape index (κ3) is 6.58. The number of hydrogen-bond donors (Lipinski definition) is 3. The smallest absolute Gasteiger partial charge is 0.307 e. The van der Waals surface area contributed by atoms with Gasteiger partial charge >= 0.3 is 5.97 Å². The maximum Gasteiger partial charge on any atom is 0.307 e. The van der Waals surface area contributed by atoms with E-state index in [-0.39, 0.29) is 36.5 Å². The number of nitrogens with zero attached hydrogens (tertiary/aromatic N) is 1. The fraction of sp³-hybridized carbons (Fsp3) is 0.156. The van der Waals surface area contributed by atoms with Gasteiger partial charge in [0.25, 0.3) is 5.91 Å². The summed E-state index contributed by atoms with van der Waals surface area (Å²) in [4.78, 5) is 28.9. The molecule has 1 atom stereocenters. The fourth-order valence-electron chi connectivity index (χ4n) is 4.75. The SMILES string of the molecule is O=C(O)Cc1cccc(CCC2=Nc3cc(C(=O)NCc4cccc(F)c4)ccc3NC2c2ccc(F)cc2)c1. The summed E-state index contributed by atoms with van der Waals surface area (Å²) in [6, 6.07) is 24.7. The first-order chi connectivity index (χ1) is 19.3. The van der Waals surface area contributed by atoms with Crippen molar-refractivity contribution in [2.24, 2.45) is 4.99 Å². The molecule has 0 saturated carbocycles. The van der Waals surface area contributed by atoms with Crippen molar-refractivity contribution in [1.82, 2.24) is 5.32 Å². The zero-order valence-corrected chi connectivity index (χ0v) is 21.5. The molecule has 3 N–H and O–H groups in total. The summed E-state index contributed by atoms with van der Waals surface area (Å²) < 4.78 is 27.1. The van der Waals surface area contributed by atoms with Crippen LogP contribution >= 0.6 is 0 Å². The summed E-state index contributed by atoms with van der Waals surface area (Å²) in [5.41, 5.74) is 5.78. The van der Waals surface area contributed by atoms with Gasteiger partial charge < -0.3 is 15.7 Å². The average molecular weight is 540 g/mol. The van der Waals surface area contributed by atoms with Crippen molar-refractivity contribution >= 4 is 29.0 Å². The summed E-state index contributed by atoms with van der Waals surface area (Å²) >= 11 is 0. The number of hydrogen-bond acceptors (Lipinski definition) is 4. The number of aryl methyl sites for hydroxylation is 1. The van der Waals surface area contributed by atoms with E-state index < -0.39 is 5.97 Å². The second-order valence-electron chi connectivity index (χ2n) is 9.67. The topological polar surface area (TPSA) is 90.8 Å². The van der Waals surface area contributed by atoms with Crippen molar-refractivity contribution in [3.05, 3.63) is 130 Å². The highest BCUT2D eigenvalue weighted by atomic mass is 19.1. The van der Waals surface area contributed by atoms with Crippen LogP contribution in [0.2, 0.25) is 0 Å². The number of carbonyl (C=O) groups is 2. The lowest BCUT2D eigenvalue weighted by Crippen LogP contribution is -2.25. The molecular weight excluding hydrogens is 512 g/mol. The van der Waals surface area contributed by atoms with Crippen LogP contribution in [0, 0.1) is 11.6 Å². The number of carboxylic acids is 1. The summed E-state index contributed by atoms with van der Waals surface area (Å²) in [6.07, 6.45) is 1.13. The highest BCUT2D eigenvalue weighted by Gasteiger charge is 2.25. The van der Waals surface area contributed by atoms with Gasteiger partial charge in [-0.1, -0.05) is 48.5 Å². The van der Waals surface area contributed by atoms with Gasteiger partial charge in [-0.2, -0.15) is 0 Å². The maximum absolute atomic E-state index is 13.6. The molecule has 4 aromatic carbocycles. The van der Waals surface area contributed by atoms with Crippen molar-refractivity contribution in [3.8, 4) is 0 Å². The molecule has 40 heavy (non-hydrogen) atoms. The molecule has 6 nitrogen and oxygen atoms in total. The highest BCUT2D eigenvalue weighted by Crippen LogP contribution is 2.37. The molecule has 0 fully saturated rings. The number of amides is 1. The lowest BCUT2D eigenvalue weighted by Gasteiger charge is -2.28. The number of benzene rings is 4. The zero-order valence-electron chi connectivity index (χ0n) is 21.5. The Hall–Kier alpha value is -4.85. The van der Waals surface area contributed by atoms with E-state index in [4.69, 9.17) is 10.1 Å². The first-order valence-corrected chi connectivity index (χ1v) is 12.9. The van der Waals surface area contributed by atoms with E-state index in [0.717, 1.165) is 28.1 Å². The molecule has 0 spiro atoms. The molecule has 0 bridgehead atoms. The van der Waals surface area contributed by atoms with Crippen LogP contribution in [0.3, 0.4) is 0 Å². The van der Waals surface area contributed by atoms with Crippen molar-refractivity contribution in [3.63, 3.8) is 0 Å². The van der Waals surface area contributed by atoms with E-state index in [1.165, 1.54) is 24.3 Å². The Balaban J connectivity index is 1.38. The highest BCUT2D eigenvalue weighted by molar-refractivity contribution is 6.01. The fourth-order valence-corrected chi connectivity index (χ4v) is 4.75. The molecule has 0 aliphatic carbocycles. The molecule has 5 rings (SSSR count). The molecular formula is C32H27F2N3O3. The standard InChI is InChI=1S/C32H27F2N3O3/c33-25-11-8-23(9-12-25)31-28(13-7-20-3-1-4-21(15-20)17-30(38)39)36-29-18-24(10-14-27(29)37-31)32(40)35-19-22-5-2-6-26(34)16-22/h1-6,8-12,14-16,18,31,37H,7,13,17,19H2,(H,35,40)(H,38,39). The Morgan fingerprint density at radius 3 is 2.35 bits per heavy atom. The number of halogens is 2. The number of carboxylic acid groups (broad SMARTS) is 1. The van der Waals surface area contributed by atoms with Gasteiger partial charge in [-0.3, -0.25) is 14.6 Å². The summed E-state index contributed by atoms with van der Waals surface area (Å²) in [6.45, 7) is 0.189. The molecule has 0 aromatic heterocycles. The number of fused-ring (bicyclic) bond motifs is 1. The Morgan fingerprint density at radius 1 is 0.825 bits per heavy atom. The van der Waals surface area contributed by atoms with Gasteiger partial charge in [0.1, 0.15) is 11.6 Å². The Morgan fingerprint density at radius 2 is 1.57 bits per heavy atom. The quantitative estimate of drug-likeness (QED) is 0.230. The predicted octanol–water partition coefficient (Wildman–Crippen LogP) is 6.39. The van der Waals surface area contributed by atoms with E-state index in [1.807, 2.05) is 18.2 Å². The van der Waals surface area contributed by atoms with E-state index in [9.17, 15) is 18.4 Å². The molecule has 4 aromatic rings. The van der Waals surface area contributed by atoms with Gasteiger partial charge in [0.2, 0.25) is 0 Å². The number of nitrogens with one attached hydrogen (secondary N) is 2. The normalized spacial score (nSPS) is 14.1. The monoisotopic (exact) mass is 539 g/mol. The molecule has 202 valence electrons. The molecule has 1 aliphatic rings. The Kier molecular flexibility index (Phi) is 7.96. The summed E-state index contributed by atoms with van der Waals surface area (Å²) in [7, 11) is 0. The minimum Gasteiger partial charge on any atom is -0.481 e. The van der Waals surface area contributed by atoms with Gasteiger partial charge in [-0.15, -0.1) is 0 Å². The zero-order chi connectivity index (χ0) is 28.1. The third-order valence-corrected chi connectivity index (χ3v) is 6.72. The summed E-state index contributed by atoms with van der Waals surface area (Å²) in [5.74, 6) is -1.89. The van der Waals surface area contributed by atoms with Crippen LogP contribution in [0.15, 0.2) is 96.0 Å². The predicted molar refractivity (Wildman–Crippen MR) is 150 cm³/mol. The second kappa shape index (κ2) is 11.9. The van der Waals surface area contributed by atoms with Crippen LogP contribution in [-0.2, 0) is 24.2 Å². The lowest BCUT2D eigenvalue weighted by atomic mass is 9.94. The molecule has 0 radical (unpaired) electrons. The first-order valence-electron chi connectivity index (χ1n) is 12.9. The Labute approximate surface area is 230 Å². The molecule has 1 amide bonds. The van der Waals surface area contributed by atoms with Gasteiger partial charge in [0.05, 0.1) is 23.8 Å². The maximum atomic E-state index is 13.6.